The minimum Gasteiger partial charge on any atom is -0.323 e. The van der Waals surface area contributed by atoms with E-state index in [0.29, 0.717) is 10.6 Å². The summed E-state index contributed by atoms with van der Waals surface area (Å²) in [5.41, 5.74) is 6.69. The second-order valence-corrected chi connectivity index (χ2v) is 4.97. The van der Waals surface area contributed by atoms with Crippen molar-refractivity contribution in [3.63, 3.8) is 0 Å². The molecule has 1 aromatic rings. The molecule has 3 N–H and O–H groups in total. The van der Waals surface area contributed by atoms with Gasteiger partial charge in [-0.3, -0.25) is 0 Å². The molecule has 2 rings (SSSR count). The summed E-state index contributed by atoms with van der Waals surface area (Å²) in [5, 5.41) is 3.65. The summed E-state index contributed by atoms with van der Waals surface area (Å²) in [5.74, 6) is -0.265. The van der Waals surface area contributed by atoms with Crippen molar-refractivity contribution in [2.75, 3.05) is 13.6 Å². The van der Waals surface area contributed by atoms with E-state index in [4.69, 9.17) is 17.3 Å². The second-order valence-electron chi connectivity index (χ2n) is 4.54. The van der Waals surface area contributed by atoms with Gasteiger partial charge in [-0.05, 0) is 38.1 Å². The molecule has 4 heteroatoms. The highest BCUT2D eigenvalue weighted by Gasteiger charge is 2.48. The number of halogens is 2. The summed E-state index contributed by atoms with van der Waals surface area (Å²) in [6, 6.07) is 4.29. The Balaban J connectivity index is 2.26. The summed E-state index contributed by atoms with van der Waals surface area (Å²) in [7, 11) is 1.89. The van der Waals surface area contributed by atoms with E-state index in [0.717, 1.165) is 19.4 Å². The molecule has 0 heterocycles. The van der Waals surface area contributed by atoms with Gasteiger partial charge in [0.15, 0.2) is 0 Å². The summed E-state index contributed by atoms with van der Waals surface area (Å²) in [6.45, 7) is 0.820. The molecule has 0 amide bonds. The summed E-state index contributed by atoms with van der Waals surface area (Å²) < 4.78 is 13.7. The summed E-state index contributed by atoms with van der Waals surface area (Å²) in [4.78, 5) is 0. The molecule has 1 unspecified atom stereocenters. The molecule has 1 aromatic carbocycles. The van der Waals surface area contributed by atoms with Crippen LogP contribution < -0.4 is 11.1 Å². The van der Waals surface area contributed by atoms with Crippen molar-refractivity contribution < 1.29 is 4.39 Å². The van der Waals surface area contributed by atoms with Crippen LogP contribution in [0.2, 0.25) is 5.02 Å². The van der Waals surface area contributed by atoms with Crippen LogP contribution in [0, 0.1) is 11.2 Å². The molecule has 1 fully saturated rings. The van der Waals surface area contributed by atoms with Crippen LogP contribution in [-0.2, 0) is 0 Å². The van der Waals surface area contributed by atoms with Crippen molar-refractivity contribution in [2.45, 2.75) is 18.9 Å². The van der Waals surface area contributed by atoms with Crippen LogP contribution in [0.3, 0.4) is 0 Å². The van der Waals surface area contributed by atoms with Crippen molar-refractivity contribution in [2.24, 2.45) is 11.1 Å². The Hall–Kier alpha value is -0.640. The second kappa shape index (κ2) is 4.32. The zero-order valence-electron chi connectivity index (χ0n) is 9.26. The van der Waals surface area contributed by atoms with Gasteiger partial charge < -0.3 is 11.1 Å². The lowest BCUT2D eigenvalue weighted by molar-refractivity contribution is 0.381. The molecule has 0 aromatic heterocycles. The first kappa shape index (κ1) is 11.8. The molecule has 1 atom stereocenters. The van der Waals surface area contributed by atoms with Crippen molar-refractivity contribution in [3.8, 4) is 0 Å². The van der Waals surface area contributed by atoms with E-state index in [1.807, 2.05) is 7.05 Å². The van der Waals surface area contributed by atoms with Crippen molar-refractivity contribution in [1.82, 2.24) is 5.32 Å². The van der Waals surface area contributed by atoms with E-state index in [1.165, 1.54) is 6.07 Å². The summed E-state index contributed by atoms with van der Waals surface area (Å²) >= 11 is 5.87. The van der Waals surface area contributed by atoms with Gasteiger partial charge in [0.05, 0.1) is 0 Å². The fourth-order valence-electron chi connectivity index (χ4n) is 2.19. The van der Waals surface area contributed by atoms with Crippen LogP contribution >= 0.6 is 11.6 Å². The van der Waals surface area contributed by atoms with E-state index in [-0.39, 0.29) is 17.3 Å². The molecule has 0 spiro atoms. The third-order valence-electron chi connectivity index (χ3n) is 3.37. The molecule has 1 aliphatic carbocycles. The Kier molecular flexibility index (Phi) is 3.19. The van der Waals surface area contributed by atoms with Gasteiger partial charge in [0.2, 0.25) is 0 Å². The molecule has 0 aliphatic heterocycles. The Bertz CT molecular complexity index is 391. The lowest BCUT2D eigenvalue weighted by Gasteiger charge is -2.24. The smallest absolute Gasteiger partial charge is 0.128 e. The number of hydrogen-bond acceptors (Lipinski definition) is 2. The Morgan fingerprint density at radius 3 is 2.81 bits per heavy atom. The zero-order valence-corrected chi connectivity index (χ0v) is 10.0. The lowest BCUT2D eigenvalue weighted by Crippen LogP contribution is -2.31. The van der Waals surface area contributed by atoms with Gasteiger partial charge in [-0.25, -0.2) is 4.39 Å². The van der Waals surface area contributed by atoms with Crippen molar-refractivity contribution in [3.05, 3.63) is 34.6 Å². The molecule has 0 saturated heterocycles. The maximum atomic E-state index is 13.7. The molecule has 16 heavy (non-hydrogen) atoms. The van der Waals surface area contributed by atoms with Crippen LogP contribution in [0.4, 0.5) is 4.39 Å². The SMILES string of the molecule is CNCC1(C(N)c2cc(Cl)ccc2F)CC1. The van der Waals surface area contributed by atoms with E-state index in [9.17, 15) is 4.39 Å². The molecule has 0 bridgehead atoms. The van der Waals surface area contributed by atoms with Gasteiger partial charge in [-0.1, -0.05) is 11.6 Å². The average Bonchev–Trinajstić information content (AvgIpc) is 3.02. The third-order valence-corrected chi connectivity index (χ3v) is 3.61. The number of nitrogens with two attached hydrogens (primary N) is 1. The number of hydrogen-bond donors (Lipinski definition) is 2. The molecule has 1 aliphatic rings. The van der Waals surface area contributed by atoms with Crippen molar-refractivity contribution >= 4 is 11.6 Å². The van der Waals surface area contributed by atoms with Gasteiger partial charge >= 0.3 is 0 Å². The van der Waals surface area contributed by atoms with E-state index < -0.39 is 0 Å². The minimum atomic E-state index is -0.279. The Labute approximate surface area is 100.0 Å². The van der Waals surface area contributed by atoms with Crippen LogP contribution in [0.1, 0.15) is 24.4 Å². The molecule has 1 saturated carbocycles. The first-order valence-corrected chi connectivity index (χ1v) is 5.82. The Morgan fingerprint density at radius 2 is 2.25 bits per heavy atom. The lowest BCUT2D eigenvalue weighted by atomic mass is 9.90. The van der Waals surface area contributed by atoms with Gasteiger partial charge in [0.25, 0.3) is 0 Å². The van der Waals surface area contributed by atoms with E-state index in [1.54, 1.807) is 12.1 Å². The monoisotopic (exact) mass is 242 g/mol. The molecule has 88 valence electrons. The topological polar surface area (TPSA) is 38.0 Å². The highest BCUT2D eigenvalue weighted by molar-refractivity contribution is 6.30. The van der Waals surface area contributed by atoms with Gasteiger partial charge in [0, 0.05) is 28.6 Å². The van der Waals surface area contributed by atoms with E-state index in [2.05, 4.69) is 5.32 Å². The average molecular weight is 243 g/mol. The quantitative estimate of drug-likeness (QED) is 0.851. The standard InChI is InChI=1S/C12H16ClFN2/c1-16-7-12(4-5-12)11(15)9-6-8(13)2-3-10(9)14/h2-3,6,11,16H,4-5,7,15H2,1H3. The molecular weight excluding hydrogens is 227 g/mol. The van der Waals surface area contributed by atoms with Crippen LogP contribution in [0.15, 0.2) is 18.2 Å². The van der Waals surface area contributed by atoms with Gasteiger partial charge in [0.1, 0.15) is 5.82 Å². The van der Waals surface area contributed by atoms with E-state index >= 15 is 0 Å². The van der Waals surface area contributed by atoms with Gasteiger partial charge in [-0.2, -0.15) is 0 Å². The maximum Gasteiger partial charge on any atom is 0.128 e. The van der Waals surface area contributed by atoms with Crippen LogP contribution in [0.5, 0.6) is 0 Å². The van der Waals surface area contributed by atoms with Gasteiger partial charge in [-0.15, -0.1) is 0 Å². The molecule has 2 nitrogen and oxygen atoms in total. The summed E-state index contributed by atoms with van der Waals surface area (Å²) in [6.07, 6.45) is 2.09. The van der Waals surface area contributed by atoms with Crippen molar-refractivity contribution in [1.29, 1.82) is 0 Å². The first-order valence-electron chi connectivity index (χ1n) is 5.44. The number of benzene rings is 1. The fourth-order valence-corrected chi connectivity index (χ4v) is 2.37. The fraction of sp³-hybridized carbons (Fsp3) is 0.500. The minimum absolute atomic E-state index is 0.0142. The molecule has 0 radical (unpaired) electrons. The normalized spacial score (nSPS) is 19.5. The number of nitrogens with one attached hydrogen (secondary N) is 1. The zero-order chi connectivity index (χ0) is 11.8. The highest BCUT2D eigenvalue weighted by atomic mass is 35.5. The predicted octanol–water partition coefficient (Wildman–Crippen LogP) is 2.48. The largest absolute Gasteiger partial charge is 0.323 e. The van der Waals surface area contributed by atoms with Crippen LogP contribution in [0.25, 0.3) is 0 Å². The molecular formula is C12H16ClFN2. The first-order chi connectivity index (χ1) is 7.59. The maximum absolute atomic E-state index is 13.7. The predicted molar refractivity (Wildman–Crippen MR) is 63.9 cm³/mol. The number of rotatable bonds is 4. The Morgan fingerprint density at radius 1 is 1.56 bits per heavy atom. The van der Waals surface area contributed by atoms with Crippen LogP contribution in [-0.4, -0.2) is 13.6 Å². The third kappa shape index (κ3) is 2.08. The highest BCUT2D eigenvalue weighted by Crippen LogP contribution is 2.53.